The van der Waals surface area contributed by atoms with E-state index in [1.165, 1.54) is 0 Å². The quantitative estimate of drug-likeness (QED) is 0.592. The number of nitrogens with zero attached hydrogens (tertiary/aromatic N) is 2. The van der Waals surface area contributed by atoms with E-state index in [0.717, 1.165) is 11.1 Å². The number of rotatable bonds is 3. The molecule has 0 fully saturated rings. The van der Waals surface area contributed by atoms with Gasteiger partial charge in [0.1, 0.15) is 0 Å². The van der Waals surface area contributed by atoms with Crippen molar-refractivity contribution in [1.82, 2.24) is 10.2 Å². The molecule has 3 aromatic rings. The summed E-state index contributed by atoms with van der Waals surface area (Å²) in [5.74, 6) is 0.814. The molecule has 0 saturated carbocycles. The van der Waals surface area contributed by atoms with Crippen LogP contribution in [-0.4, -0.2) is 10.2 Å². The van der Waals surface area contributed by atoms with Crippen LogP contribution in [0.4, 0.5) is 0 Å². The number of aromatic nitrogens is 2. The van der Waals surface area contributed by atoms with E-state index in [1.54, 1.807) is 36.4 Å². The molecule has 110 valence electrons. The SMILES string of the molecule is Clc1ccc(-c2nnc(/C=C/c3ccc(Cl)cc3Cl)o2)cc1. The Balaban J connectivity index is 1.82. The van der Waals surface area contributed by atoms with Crippen LogP contribution in [0.15, 0.2) is 46.9 Å². The van der Waals surface area contributed by atoms with Crippen molar-refractivity contribution >= 4 is 47.0 Å². The molecule has 1 heterocycles. The fourth-order valence-corrected chi connectivity index (χ4v) is 2.41. The van der Waals surface area contributed by atoms with Crippen molar-refractivity contribution in [2.75, 3.05) is 0 Å². The molecule has 0 atom stereocenters. The minimum Gasteiger partial charge on any atom is -0.417 e. The van der Waals surface area contributed by atoms with E-state index in [1.807, 2.05) is 18.2 Å². The third kappa shape index (κ3) is 3.50. The van der Waals surface area contributed by atoms with Gasteiger partial charge in [-0.3, -0.25) is 0 Å². The van der Waals surface area contributed by atoms with Gasteiger partial charge in [0.25, 0.3) is 0 Å². The molecule has 22 heavy (non-hydrogen) atoms. The maximum Gasteiger partial charge on any atom is 0.248 e. The molecule has 0 unspecified atom stereocenters. The summed E-state index contributed by atoms with van der Waals surface area (Å²) >= 11 is 17.8. The van der Waals surface area contributed by atoms with Gasteiger partial charge in [0, 0.05) is 26.7 Å². The van der Waals surface area contributed by atoms with Gasteiger partial charge in [-0.05, 0) is 48.0 Å². The van der Waals surface area contributed by atoms with E-state index in [4.69, 9.17) is 39.2 Å². The lowest BCUT2D eigenvalue weighted by Crippen LogP contribution is -1.76. The van der Waals surface area contributed by atoms with Crippen LogP contribution in [0.2, 0.25) is 15.1 Å². The first-order chi connectivity index (χ1) is 10.6. The Bertz CT molecular complexity index is 826. The fraction of sp³-hybridized carbons (Fsp3) is 0. The molecule has 0 N–H and O–H groups in total. The van der Waals surface area contributed by atoms with Crippen molar-refractivity contribution in [1.29, 1.82) is 0 Å². The maximum absolute atomic E-state index is 6.10. The third-order valence-corrected chi connectivity index (χ3v) is 3.71. The second-order valence-electron chi connectivity index (χ2n) is 4.45. The number of hydrogen-bond acceptors (Lipinski definition) is 3. The average Bonchev–Trinajstić information content (AvgIpc) is 2.96. The standard InChI is InChI=1S/C16H9Cl3N2O/c17-12-5-2-11(3-6-12)16-21-20-15(22-16)8-4-10-1-7-13(18)9-14(10)19/h1-9H/b8-4+. The highest BCUT2D eigenvalue weighted by Crippen LogP contribution is 2.24. The Morgan fingerprint density at radius 2 is 1.55 bits per heavy atom. The molecule has 0 bridgehead atoms. The maximum atomic E-state index is 6.10. The minimum absolute atomic E-state index is 0.385. The summed E-state index contributed by atoms with van der Waals surface area (Å²) in [6, 6.07) is 12.4. The summed E-state index contributed by atoms with van der Waals surface area (Å²) in [5, 5.41) is 9.77. The van der Waals surface area contributed by atoms with Gasteiger partial charge in [-0.25, -0.2) is 0 Å². The van der Waals surface area contributed by atoms with Crippen molar-refractivity contribution < 1.29 is 4.42 Å². The number of benzene rings is 2. The van der Waals surface area contributed by atoms with Gasteiger partial charge in [0.15, 0.2) is 0 Å². The minimum atomic E-state index is 0.385. The van der Waals surface area contributed by atoms with Crippen molar-refractivity contribution in [3.63, 3.8) is 0 Å². The lowest BCUT2D eigenvalue weighted by Gasteiger charge is -1.97. The zero-order valence-corrected chi connectivity index (χ0v) is 13.4. The van der Waals surface area contributed by atoms with E-state index in [0.29, 0.717) is 26.8 Å². The van der Waals surface area contributed by atoms with Crippen LogP contribution in [0, 0.1) is 0 Å². The summed E-state index contributed by atoms with van der Waals surface area (Å²) in [4.78, 5) is 0. The highest BCUT2D eigenvalue weighted by atomic mass is 35.5. The van der Waals surface area contributed by atoms with E-state index < -0.39 is 0 Å². The molecule has 0 radical (unpaired) electrons. The third-order valence-electron chi connectivity index (χ3n) is 2.90. The monoisotopic (exact) mass is 350 g/mol. The first-order valence-electron chi connectivity index (χ1n) is 6.34. The fourth-order valence-electron chi connectivity index (χ4n) is 1.81. The Morgan fingerprint density at radius 1 is 0.818 bits per heavy atom. The van der Waals surface area contributed by atoms with Gasteiger partial charge in [-0.2, -0.15) is 0 Å². The topological polar surface area (TPSA) is 38.9 Å². The highest BCUT2D eigenvalue weighted by molar-refractivity contribution is 6.35. The van der Waals surface area contributed by atoms with Crippen molar-refractivity contribution in [2.24, 2.45) is 0 Å². The van der Waals surface area contributed by atoms with Crippen LogP contribution >= 0.6 is 34.8 Å². The van der Waals surface area contributed by atoms with Gasteiger partial charge in [-0.15, -0.1) is 10.2 Å². The Labute approximate surface area is 142 Å². The molecule has 6 heteroatoms. The molecule has 1 aromatic heterocycles. The van der Waals surface area contributed by atoms with Gasteiger partial charge in [0.05, 0.1) is 0 Å². The van der Waals surface area contributed by atoms with Crippen molar-refractivity contribution in [2.45, 2.75) is 0 Å². The van der Waals surface area contributed by atoms with Crippen LogP contribution < -0.4 is 0 Å². The molecule has 0 spiro atoms. The van der Waals surface area contributed by atoms with Gasteiger partial charge in [-0.1, -0.05) is 40.9 Å². The van der Waals surface area contributed by atoms with Crippen LogP contribution in [0.1, 0.15) is 11.5 Å². The second-order valence-corrected chi connectivity index (χ2v) is 5.73. The van der Waals surface area contributed by atoms with Crippen molar-refractivity contribution in [3.8, 4) is 11.5 Å². The first kappa shape index (κ1) is 15.1. The van der Waals surface area contributed by atoms with E-state index in [-0.39, 0.29) is 0 Å². The van der Waals surface area contributed by atoms with Gasteiger partial charge < -0.3 is 4.42 Å². The second kappa shape index (κ2) is 6.53. The molecule has 3 nitrogen and oxygen atoms in total. The van der Waals surface area contributed by atoms with Gasteiger partial charge >= 0.3 is 0 Å². The largest absolute Gasteiger partial charge is 0.417 e. The summed E-state index contributed by atoms with van der Waals surface area (Å²) in [6.45, 7) is 0. The molecule has 0 amide bonds. The first-order valence-corrected chi connectivity index (χ1v) is 7.48. The smallest absolute Gasteiger partial charge is 0.248 e. The van der Waals surface area contributed by atoms with Crippen LogP contribution in [0.25, 0.3) is 23.6 Å². The lowest BCUT2D eigenvalue weighted by molar-refractivity contribution is 0.558. The predicted molar refractivity (Wildman–Crippen MR) is 90.1 cm³/mol. The highest BCUT2D eigenvalue weighted by Gasteiger charge is 2.06. The number of hydrogen-bond donors (Lipinski definition) is 0. The molecule has 0 saturated heterocycles. The molecule has 0 aliphatic heterocycles. The Hall–Kier alpha value is -1.81. The summed E-state index contributed by atoms with van der Waals surface area (Å²) in [6.07, 6.45) is 3.49. The molecule has 0 aliphatic carbocycles. The van der Waals surface area contributed by atoms with Gasteiger partial charge in [0.2, 0.25) is 11.8 Å². The van der Waals surface area contributed by atoms with Crippen molar-refractivity contribution in [3.05, 3.63) is 69.0 Å². The Morgan fingerprint density at radius 3 is 2.27 bits per heavy atom. The van der Waals surface area contributed by atoms with Crippen LogP contribution in [0.5, 0.6) is 0 Å². The van der Waals surface area contributed by atoms with E-state index >= 15 is 0 Å². The van der Waals surface area contributed by atoms with Crippen LogP contribution in [0.3, 0.4) is 0 Å². The predicted octanol–water partition coefficient (Wildman–Crippen LogP) is 5.87. The van der Waals surface area contributed by atoms with E-state index in [9.17, 15) is 0 Å². The molecular weight excluding hydrogens is 343 g/mol. The molecule has 3 rings (SSSR count). The Kier molecular flexibility index (Phi) is 4.48. The average molecular weight is 352 g/mol. The summed E-state index contributed by atoms with van der Waals surface area (Å²) in [5.41, 5.74) is 1.62. The molecule has 0 aliphatic rings. The number of halogens is 3. The van der Waals surface area contributed by atoms with E-state index in [2.05, 4.69) is 10.2 Å². The normalized spacial score (nSPS) is 11.2. The summed E-state index contributed by atoms with van der Waals surface area (Å²) < 4.78 is 5.57. The molecular formula is C16H9Cl3N2O. The zero-order chi connectivity index (χ0) is 15.5. The summed E-state index contributed by atoms with van der Waals surface area (Å²) in [7, 11) is 0. The van der Waals surface area contributed by atoms with Crippen LogP contribution in [-0.2, 0) is 0 Å². The zero-order valence-electron chi connectivity index (χ0n) is 11.1. The molecule has 2 aromatic carbocycles. The lowest BCUT2D eigenvalue weighted by atomic mass is 10.2.